The highest BCUT2D eigenvalue weighted by molar-refractivity contribution is 5.80. The Morgan fingerprint density at radius 3 is 1.18 bits per heavy atom. The van der Waals surface area contributed by atoms with E-state index in [1.54, 1.807) is 0 Å². The van der Waals surface area contributed by atoms with E-state index in [0.29, 0.717) is 12.8 Å². The fourth-order valence-corrected chi connectivity index (χ4v) is 6.91. The van der Waals surface area contributed by atoms with Crippen molar-refractivity contribution in [2.24, 2.45) is 0 Å². The van der Waals surface area contributed by atoms with Gasteiger partial charge in [0.15, 0.2) is 0 Å². The lowest BCUT2D eigenvalue weighted by molar-refractivity contribution is -0.132. The van der Waals surface area contributed by atoms with Crippen LogP contribution >= 0.6 is 0 Å². The molecule has 0 aromatic heterocycles. The highest BCUT2D eigenvalue weighted by Gasteiger charge is 2.28. The lowest BCUT2D eigenvalue weighted by Crippen LogP contribution is -2.53. The Balaban J connectivity index is 3.40. The van der Waals surface area contributed by atoms with Gasteiger partial charge >= 0.3 is 0 Å². The number of carbonyl (C=O) groups excluding carboxylic acids is 1. The van der Waals surface area contributed by atoms with Crippen molar-refractivity contribution >= 4 is 5.91 Å². The fraction of sp³-hybridized carbons (Fsp3) is 0.932. The van der Waals surface area contributed by atoms with Gasteiger partial charge in [-0.05, 0) is 38.5 Å². The summed E-state index contributed by atoms with van der Waals surface area (Å²) in [6.07, 6.45) is 44.0. The van der Waals surface area contributed by atoms with Gasteiger partial charge in [0, 0.05) is 0 Å². The van der Waals surface area contributed by atoms with E-state index in [-0.39, 0.29) is 0 Å². The van der Waals surface area contributed by atoms with Crippen molar-refractivity contribution in [1.82, 2.24) is 5.32 Å². The van der Waals surface area contributed by atoms with E-state index in [4.69, 9.17) is 0 Å². The van der Waals surface area contributed by atoms with Crippen molar-refractivity contribution in [3.63, 3.8) is 0 Å². The summed E-state index contributed by atoms with van der Waals surface area (Å²) in [6, 6.07) is -0.977. The molecule has 0 spiro atoms. The SMILES string of the molecule is CCCCCCCCCCCCCC/C=C\CCCCCCCCCCCCCCCCCCC(O)C(=O)NC(CO)C(O)C(O)CCCC. The maximum atomic E-state index is 12.3. The first-order valence-electron chi connectivity index (χ1n) is 22.1. The molecule has 0 rings (SSSR count). The number of hydrogen-bond donors (Lipinski definition) is 5. The highest BCUT2D eigenvalue weighted by Crippen LogP contribution is 2.16. The number of hydrogen-bond acceptors (Lipinski definition) is 5. The minimum atomic E-state index is -1.25. The van der Waals surface area contributed by atoms with Crippen LogP contribution in [0, 0.1) is 0 Å². The molecular weight excluding hydrogens is 622 g/mol. The van der Waals surface area contributed by atoms with Gasteiger partial charge in [-0.1, -0.05) is 206 Å². The summed E-state index contributed by atoms with van der Waals surface area (Å²) in [4.78, 5) is 12.3. The summed E-state index contributed by atoms with van der Waals surface area (Å²) in [7, 11) is 0. The molecule has 0 fully saturated rings. The smallest absolute Gasteiger partial charge is 0.249 e. The van der Waals surface area contributed by atoms with Crippen LogP contribution in [0.3, 0.4) is 0 Å². The Hall–Kier alpha value is -0.950. The Morgan fingerprint density at radius 1 is 0.480 bits per heavy atom. The van der Waals surface area contributed by atoms with Crippen LogP contribution in [0.25, 0.3) is 0 Å². The van der Waals surface area contributed by atoms with Crippen LogP contribution in [-0.2, 0) is 4.79 Å². The third-order valence-corrected chi connectivity index (χ3v) is 10.5. The fourth-order valence-electron chi connectivity index (χ4n) is 6.91. The molecule has 1 amide bonds. The highest BCUT2D eigenvalue weighted by atomic mass is 16.3. The Morgan fingerprint density at radius 2 is 0.820 bits per heavy atom. The molecule has 0 heterocycles. The van der Waals surface area contributed by atoms with Gasteiger partial charge in [-0.2, -0.15) is 0 Å². The van der Waals surface area contributed by atoms with Gasteiger partial charge in [-0.15, -0.1) is 0 Å². The first-order chi connectivity index (χ1) is 24.5. The molecule has 0 radical (unpaired) electrons. The number of rotatable bonds is 40. The monoisotopic (exact) mass is 710 g/mol. The summed E-state index contributed by atoms with van der Waals surface area (Å²) in [5.74, 6) is -0.593. The van der Waals surface area contributed by atoms with Crippen molar-refractivity contribution in [1.29, 1.82) is 0 Å². The van der Waals surface area contributed by atoms with Crippen molar-refractivity contribution in [2.75, 3.05) is 6.61 Å². The maximum Gasteiger partial charge on any atom is 0.249 e. The van der Waals surface area contributed by atoms with E-state index in [1.807, 2.05) is 6.92 Å². The van der Waals surface area contributed by atoms with Gasteiger partial charge in [0.1, 0.15) is 12.2 Å². The number of aliphatic hydroxyl groups is 4. The Kier molecular flexibility index (Phi) is 38.5. The van der Waals surface area contributed by atoms with Gasteiger partial charge in [-0.3, -0.25) is 4.79 Å². The second kappa shape index (κ2) is 39.3. The van der Waals surface area contributed by atoms with Crippen LogP contribution in [0.2, 0.25) is 0 Å². The van der Waals surface area contributed by atoms with Crippen LogP contribution in [-0.4, -0.2) is 57.3 Å². The van der Waals surface area contributed by atoms with Crippen molar-refractivity contribution in [3.8, 4) is 0 Å². The minimum absolute atomic E-state index is 0.370. The van der Waals surface area contributed by atoms with Crippen LogP contribution in [0.1, 0.15) is 232 Å². The van der Waals surface area contributed by atoms with Gasteiger partial charge in [0.25, 0.3) is 0 Å². The molecular formula is C44H87NO5. The lowest BCUT2D eigenvalue weighted by Gasteiger charge is -2.27. The number of allylic oxidation sites excluding steroid dienone is 2. The summed E-state index contributed by atoms with van der Waals surface area (Å²) < 4.78 is 0. The zero-order valence-electron chi connectivity index (χ0n) is 33.4. The van der Waals surface area contributed by atoms with E-state index in [0.717, 1.165) is 32.1 Å². The molecule has 6 heteroatoms. The van der Waals surface area contributed by atoms with E-state index >= 15 is 0 Å². The molecule has 6 nitrogen and oxygen atoms in total. The molecule has 0 aromatic rings. The molecule has 4 unspecified atom stereocenters. The van der Waals surface area contributed by atoms with Crippen LogP contribution in [0.4, 0.5) is 0 Å². The van der Waals surface area contributed by atoms with E-state index in [2.05, 4.69) is 24.4 Å². The standard InChI is InChI=1S/C44H87NO5/c1-3-5-7-8-9-10-11-12-13-14-15-16-17-18-19-20-21-22-23-24-25-26-27-28-29-30-31-32-33-34-35-36-38-42(48)44(50)45-40(39-46)43(49)41(47)37-6-4-2/h18-19,40-43,46-49H,3-17,20-39H2,1-2H3,(H,45,50)/b19-18-. The topological polar surface area (TPSA) is 110 Å². The Bertz CT molecular complexity index is 717. The third-order valence-electron chi connectivity index (χ3n) is 10.5. The van der Waals surface area contributed by atoms with Crippen molar-refractivity contribution in [2.45, 2.75) is 257 Å². The predicted molar refractivity (Wildman–Crippen MR) is 215 cm³/mol. The summed E-state index contributed by atoms with van der Waals surface area (Å²) in [6.45, 7) is 3.80. The molecule has 4 atom stereocenters. The molecule has 0 aromatic carbocycles. The third kappa shape index (κ3) is 32.9. The largest absolute Gasteiger partial charge is 0.394 e. The normalized spacial score (nSPS) is 14.3. The molecule has 0 aliphatic carbocycles. The molecule has 0 saturated carbocycles. The quantitative estimate of drug-likeness (QED) is 0.0321. The maximum absolute atomic E-state index is 12.3. The number of amides is 1. The van der Waals surface area contributed by atoms with Gasteiger partial charge in [0.2, 0.25) is 5.91 Å². The zero-order chi connectivity index (χ0) is 36.8. The van der Waals surface area contributed by atoms with E-state index in [1.165, 1.54) is 173 Å². The molecule has 50 heavy (non-hydrogen) atoms. The van der Waals surface area contributed by atoms with Crippen molar-refractivity contribution < 1.29 is 25.2 Å². The van der Waals surface area contributed by atoms with Crippen LogP contribution in [0.5, 0.6) is 0 Å². The minimum Gasteiger partial charge on any atom is -0.394 e. The number of nitrogens with one attached hydrogen (secondary N) is 1. The Labute approximate surface area is 311 Å². The van der Waals surface area contributed by atoms with Crippen molar-refractivity contribution in [3.05, 3.63) is 12.2 Å². The first-order valence-corrected chi connectivity index (χ1v) is 22.1. The summed E-state index contributed by atoms with van der Waals surface area (Å²) >= 11 is 0. The number of aliphatic hydroxyl groups excluding tert-OH is 4. The second-order valence-electron chi connectivity index (χ2n) is 15.4. The lowest BCUT2D eigenvalue weighted by atomic mass is 10.0. The van der Waals surface area contributed by atoms with E-state index < -0.39 is 36.9 Å². The average molecular weight is 710 g/mol. The number of carbonyl (C=O) groups is 1. The van der Waals surface area contributed by atoms with Crippen LogP contribution < -0.4 is 5.32 Å². The second-order valence-corrected chi connectivity index (χ2v) is 15.4. The molecule has 0 bridgehead atoms. The van der Waals surface area contributed by atoms with Gasteiger partial charge in [0.05, 0.1) is 18.8 Å². The van der Waals surface area contributed by atoms with Gasteiger partial charge < -0.3 is 25.7 Å². The zero-order valence-corrected chi connectivity index (χ0v) is 33.4. The molecule has 0 aliphatic rings. The molecule has 298 valence electrons. The summed E-state index contributed by atoms with van der Waals surface area (Å²) in [5.41, 5.74) is 0. The predicted octanol–water partition coefficient (Wildman–Crippen LogP) is 11.4. The molecule has 0 saturated heterocycles. The molecule has 5 N–H and O–H groups in total. The molecule has 0 aliphatic heterocycles. The van der Waals surface area contributed by atoms with Crippen LogP contribution in [0.15, 0.2) is 12.2 Å². The number of unbranched alkanes of at least 4 members (excludes halogenated alkanes) is 29. The summed E-state index contributed by atoms with van der Waals surface area (Å²) in [5, 5.41) is 42.5. The van der Waals surface area contributed by atoms with E-state index in [9.17, 15) is 25.2 Å². The van der Waals surface area contributed by atoms with Gasteiger partial charge in [-0.25, -0.2) is 0 Å². The first kappa shape index (κ1) is 49.0. The average Bonchev–Trinajstić information content (AvgIpc) is 3.12.